The molecule has 0 spiro atoms. The average Bonchev–Trinajstić information content (AvgIpc) is 2.65. The Morgan fingerprint density at radius 1 is 1.00 bits per heavy atom. The molecule has 28 heavy (non-hydrogen) atoms. The minimum atomic E-state index is -3.76. The molecule has 7 heteroatoms. The summed E-state index contributed by atoms with van der Waals surface area (Å²) in [5.41, 5.74) is 2.85. The summed E-state index contributed by atoms with van der Waals surface area (Å²) >= 11 is 0. The summed E-state index contributed by atoms with van der Waals surface area (Å²) < 4.78 is 32.6. The van der Waals surface area contributed by atoms with Gasteiger partial charge in [-0.25, -0.2) is 8.42 Å². The average molecular weight is 401 g/mol. The lowest BCUT2D eigenvalue weighted by atomic mass is 10.1. The van der Waals surface area contributed by atoms with Crippen molar-refractivity contribution in [2.75, 3.05) is 20.3 Å². The van der Waals surface area contributed by atoms with Crippen molar-refractivity contribution in [2.24, 2.45) is 0 Å². The molecule has 0 saturated heterocycles. The van der Waals surface area contributed by atoms with Crippen molar-refractivity contribution >= 4 is 20.9 Å². The normalized spacial score (nSPS) is 12.0. The lowest BCUT2D eigenvalue weighted by Crippen LogP contribution is -2.35. The Bertz CT molecular complexity index is 1140. The molecule has 1 aromatic heterocycles. The van der Waals surface area contributed by atoms with E-state index in [9.17, 15) is 13.2 Å². The van der Waals surface area contributed by atoms with Crippen LogP contribution in [0, 0.1) is 13.8 Å². The molecular weight excluding hydrogens is 376 g/mol. The summed E-state index contributed by atoms with van der Waals surface area (Å²) in [6, 6.07) is 14.2. The van der Waals surface area contributed by atoms with Crippen molar-refractivity contribution in [3.63, 3.8) is 0 Å². The number of nitrogens with zero attached hydrogens (tertiary/aromatic N) is 1. The molecule has 148 valence electrons. The van der Waals surface area contributed by atoms with Crippen molar-refractivity contribution in [1.82, 2.24) is 9.29 Å². The van der Waals surface area contributed by atoms with Crippen LogP contribution in [0.5, 0.6) is 0 Å². The first kappa shape index (κ1) is 20.3. The molecule has 0 unspecified atom stereocenters. The maximum absolute atomic E-state index is 13.1. The number of hydrogen-bond donors (Lipinski definition) is 1. The van der Waals surface area contributed by atoms with Crippen molar-refractivity contribution in [2.45, 2.75) is 25.3 Å². The molecule has 0 atom stereocenters. The first-order valence-electron chi connectivity index (χ1n) is 8.99. The molecule has 3 rings (SSSR count). The fraction of sp³-hybridized carbons (Fsp3) is 0.286. The number of H-pyrrole nitrogens is 1. The predicted molar refractivity (Wildman–Crippen MR) is 110 cm³/mol. The Hall–Kier alpha value is -2.48. The number of fused-ring (bicyclic) bond motifs is 1. The van der Waals surface area contributed by atoms with E-state index in [1.807, 2.05) is 32.0 Å². The van der Waals surface area contributed by atoms with Crippen LogP contribution in [-0.4, -0.2) is 38.0 Å². The summed E-state index contributed by atoms with van der Waals surface area (Å²) in [5.74, 6) is 0. The smallest absolute Gasteiger partial charge is 0.252 e. The van der Waals surface area contributed by atoms with Gasteiger partial charge in [0, 0.05) is 31.3 Å². The molecule has 0 aliphatic rings. The number of aryl methyl sites for hydroxylation is 2. The Morgan fingerprint density at radius 3 is 2.36 bits per heavy atom. The lowest BCUT2D eigenvalue weighted by molar-refractivity contribution is 0.177. The minimum Gasteiger partial charge on any atom is -0.383 e. The van der Waals surface area contributed by atoms with Crippen molar-refractivity contribution in [1.29, 1.82) is 0 Å². The zero-order valence-electron chi connectivity index (χ0n) is 16.2. The molecule has 0 bridgehead atoms. The zero-order chi connectivity index (χ0) is 20.3. The van der Waals surface area contributed by atoms with Crippen LogP contribution < -0.4 is 5.56 Å². The van der Waals surface area contributed by atoms with Crippen LogP contribution in [0.15, 0.2) is 58.2 Å². The third kappa shape index (κ3) is 4.32. The van der Waals surface area contributed by atoms with Crippen LogP contribution in [-0.2, 0) is 21.3 Å². The summed E-state index contributed by atoms with van der Waals surface area (Å²) in [6.45, 7) is 4.20. The Labute approximate surface area is 164 Å². The number of aromatic amines is 1. The van der Waals surface area contributed by atoms with Gasteiger partial charge in [0.2, 0.25) is 10.0 Å². The first-order valence-corrected chi connectivity index (χ1v) is 10.4. The Morgan fingerprint density at radius 2 is 1.68 bits per heavy atom. The van der Waals surface area contributed by atoms with E-state index in [4.69, 9.17) is 4.74 Å². The van der Waals surface area contributed by atoms with Gasteiger partial charge in [0.15, 0.2) is 0 Å². The summed E-state index contributed by atoms with van der Waals surface area (Å²) in [4.78, 5) is 15.6. The molecule has 0 saturated carbocycles. The largest absolute Gasteiger partial charge is 0.383 e. The van der Waals surface area contributed by atoms with Crippen molar-refractivity contribution in [3.05, 3.63) is 75.6 Å². The van der Waals surface area contributed by atoms with Crippen LogP contribution in [0.4, 0.5) is 0 Å². The van der Waals surface area contributed by atoms with Crippen LogP contribution in [0.3, 0.4) is 0 Å². The van der Waals surface area contributed by atoms with Gasteiger partial charge in [-0.2, -0.15) is 4.31 Å². The highest BCUT2D eigenvalue weighted by molar-refractivity contribution is 7.89. The number of nitrogens with one attached hydrogen (secondary N) is 1. The number of rotatable bonds is 7. The van der Waals surface area contributed by atoms with Gasteiger partial charge in [-0.1, -0.05) is 29.8 Å². The van der Waals surface area contributed by atoms with Gasteiger partial charge in [0.05, 0.1) is 11.5 Å². The van der Waals surface area contributed by atoms with Gasteiger partial charge in [0.1, 0.15) is 0 Å². The second-order valence-corrected chi connectivity index (χ2v) is 8.80. The van der Waals surface area contributed by atoms with Crippen molar-refractivity contribution in [3.8, 4) is 0 Å². The van der Waals surface area contributed by atoms with Gasteiger partial charge in [-0.3, -0.25) is 4.79 Å². The minimum absolute atomic E-state index is 0.0290. The maximum atomic E-state index is 13.1. The van der Waals surface area contributed by atoms with E-state index in [0.717, 1.165) is 22.0 Å². The van der Waals surface area contributed by atoms with E-state index >= 15 is 0 Å². The number of hydrogen-bond acceptors (Lipinski definition) is 4. The highest BCUT2D eigenvalue weighted by Crippen LogP contribution is 2.20. The van der Waals surface area contributed by atoms with Gasteiger partial charge < -0.3 is 9.72 Å². The topological polar surface area (TPSA) is 79.5 Å². The van der Waals surface area contributed by atoms with E-state index in [-0.39, 0.29) is 30.2 Å². The van der Waals surface area contributed by atoms with Crippen LogP contribution >= 0.6 is 0 Å². The molecule has 0 aliphatic heterocycles. The first-order chi connectivity index (χ1) is 13.3. The molecule has 0 fully saturated rings. The molecule has 0 amide bonds. The van der Waals surface area contributed by atoms with Crippen LogP contribution in [0.25, 0.3) is 10.9 Å². The third-order valence-corrected chi connectivity index (χ3v) is 6.49. The van der Waals surface area contributed by atoms with Gasteiger partial charge in [-0.05, 0) is 49.1 Å². The fourth-order valence-electron chi connectivity index (χ4n) is 3.00. The maximum Gasteiger partial charge on any atom is 0.252 e. The summed E-state index contributed by atoms with van der Waals surface area (Å²) in [7, 11) is -2.25. The zero-order valence-corrected chi connectivity index (χ0v) is 17.0. The lowest BCUT2D eigenvalue weighted by Gasteiger charge is -2.22. The van der Waals surface area contributed by atoms with Crippen LogP contribution in [0.2, 0.25) is 0 Å². The molecule has 2 aromatic carbocycles. The van der Waals surface area contributed by atoms with Crippen molar-refractivity contribution < 1.29 is 13.2 Å². The van der Waals surface area contributed by atoms with E-state index in [0.29, 0.717) is 5.56 Å². The second-order valence-electron chi connectivity index (χ2n) is 6.86. The molecule has 3 aromatic rings. The highest BCUT2D eigenvalue weighted by atomic mass is 32.2. The van der Waals surface area contributed by atoms with Gasteiger partial charge in [-0.15, -0.1) is 0 Å². The fourth-order valence-corrected chi connectivity index (χ4v) is 4.41. The highest BCUT2D eigenvalue weighted by Gasteiger charge is 2.25. The SMILES string of the molecule is COCCN(Cc1cc2ccc(C)cc2[nH]c1=O)S(=O)(=O)c1ccc(C)cc1. The van der Waals surface area contributed by atoms with E-state index in [1.54, 1.807) is 30.3 Å². The third-order valence-electron chi connectivity index (χ3n) is 4.63. The van der Waals surface area contributed by atoms with E-state index in [2.05, 4.69) is 4.98 Å². The Balaban J connectivity index is 2.00. The summed E-state index contributed by atoms with van der Waals surface area (Å²) in [5, 5.41) is 0.861. The molecular formula is C21H24N2O4S. The number of aromatic nitrogens is 1. The number of ether oxygens (including phenoxy) is 1. The van der Waals surface area contributed by atoms with E-state index in [1.165, 1.54) is 11.4 Å². The number of pyridine rings is 1. The monoisotopic (exact) mass is 400 g/mol. The second kappa shape index (κ2) is 8.26. The summed E-state index contributed by atoms with van der Waals surface area (Å²) in [6.07, 6.45) is 0. The number of benzene rings is 2. The molecule has 1 N–H and O–H groups in total. The van der Waals surface area contributed by atoms with E-state index < -0.39 is 10.0 Å². The molecule has 0 aliphatic carbocycles. The van der Waals surface area contributed by atoms with Crippen LogP contribution in [0.1, 0.15) is 16.7 Å². The number of sulfonamides is 1. The number of methoxy groups -OCH3 is 1. The Kier molecular flexibility index (Phi) is 5.98. The standard InChI is InChI=1S/C21H24N2O4S/c1-15-5-8-19(9-6-15)28(25,26)23(10-11-27-3)14-18-13-17-7-4-16(2)12-20(17)22-21(18)24/h4-9,12-13H,10-11,14H2,1-3H3,(H,22,24). The molecule has 0 radical (unpaired) electrons. The molecule has 6 nitrogen and oxygen atoms in total. The van der Waals surface area contributed by atoms with Gasteiger partial charge in [0.25, 0.3) is 5.56 Å². The quantitative estimate of drug-likeness (QED) is 0.661. The predicted octanol–water partition coefficient (Wildman–Crippen LogP) is 2.98. The van der Waals surface area contributed by atoms with Gasteiger partial charge >= 0.3 is 0 Å². The molecule has 1 heterocycles.